The van der Waals surface area contributed by atoms with Crippen LogP contribution in [0.2, 0.25) is 10.0 Å². The molecule has 0 spiro atoms. The van der Waals surface area contributed by atoms with Crippen molar-refractivity contribution in [2.24, 2.45) is 0 Å². The van der Waals surface area contributed by atoms with Crippen LogP contribution in [-0.2, 0) is 9.53 Å². The van der Waals surface area contributed by atoms with E-state index in [2.05, 4.69) is 5.32 Å². The number of imide groups is 1. The SMILES string of the molecule is CNC(=O)NC(=O)COC(=O)c1cc(Cl)ccc1Cl. The Morgan fingerprint density at radius 3 is 2.58 bits per heavy atom. The lowest BCUT2D eigenvalue weighted by atomic mass is 10.2. The number of benzene rings is 1. The number of carbonyl (C=O) groups excluding carboxylic acids is 3. The van der Waals surface area contributed by atoms with Gasteiger partial charge in [0.1, 0.15) is 0 Å². The molecule has 0 fully saturated rings. The second kappa shape index (κ2) is 6.96. The van der Waals surface area contributed by atoms with Crippen LogP contribution >= 0.6 is 23.2 Å². The monoisotopic (exact) mass is 304 g/mol. The Kier molecular flexibility index (Phi) is 5.59. The molecular weight excluding hydrogens is 295 g/mol. The van der Waals surface area contributed by atoms with E-state index in [1.165, 1.54) is 25.2 Å². The van der Waals surface area contributed by atoms with Crippen molar-refractivity contribution in [1.29, 1.82) is 0 Å². The first-order chi connectivity index (χ1) is 8.93. The number of halogens is 2. The van der Waals surface area contributed by atoms with Crippen molar-refractivity contribution >= 4 is 41.1 Å². The van der Waals surface area contributed by atoms with Gasteiger partial charge < -0.3 is 10.1 Å². The Bertz CT molecular complexity index is 519. The molecule has 1 aromatic carbocycles. The molecule has 0 radical (unpaired) electrons. The van der Waals surface area contributed by atoms with Crippen LogP contribution in [0.25, 0.3) is 0 Å². The topological polar surface area (TPSA) is 84.5 Å². The normalized spacial score (nSPS) is 9.63. The summed E-state index contributed by atoms with van der Waals surface area (Å²) in [5, 5.41) is 4.58. The summed E-state index contributed by atoms with van der Waals surface area (Å²) in [5.41, 5.74) is 0.0434. The lowest BCUT2D eigenvalue weighted by Gasteiger charge is -2.06. The third-order valence-corrected chi connectivity index (χ3v) is 2.53. The van der Waals surface area contributed by atoms with E-state index in [4.69, 9.17) is 27.9 Å². The van der Waals surface area contributed by atoms with E-state index in [0.29, 0.717) is 5.02 Å². The van der Waals surface area contributed by atoms with Gasteiger partial charge in [-0.15, -0.1) is 0 Å². The maximum atomic E-state index is 11.6. The number of ether oxygens (including phenoxy) is 1. The molecule has 1 aromatic rings. The fourth-order valence-corrected chi connectivity index (χ4v) is 1.45. The highest BCUT2D eigenvalue weighted by molar-refractivity contribution is 6.35. The fourth-order valence-electron chi connectivity index (χ4n) is 1.09. The quantitative estimate of drug-likeness (QED) is 0.831. The Morgan fingerprint density at radius 1 is 1.26 bits per heavy atom. The molecule has 0 bridgehead atoms. The standard InChI is InChI=1S/C11H10Cl2N2O4/c1-14-11(18)15-9(16)5-19-10(17)7-4-6(12)2-3-8(7)13/h2-4H,5H2,1H3,(H2,14,15,16,18). The van der Waals surface area contributed by atoms with Crippen molar-refractivity contribution in [3.05, 3.63) is 33.8 Å². The number of amides is 3. The molecule has 0 aromatic heterocycles. The highest BCUT2D eigenvalue weighted by Gasteiger charge is 2.15. The van der Waals surface area contributed by atoms with Crippen LogP contribution in [0, 0.1) is 0 Å². The molecule has 0 unspecified atom stereocenters. The number of rotatable bonds is 3. The average Bonchev–Trinajstić information content (AvgIpc) is 2.38. The number of carbonyl (C=O) groups is 3. The van der Waals surface area contributed by atoms with Gasteiger partial charge in [0.2, 0.25) is 0 Å². The molecule has 0 aliphatic heterocycles. The minimum Gasteiger partial charge on any atom is -0.452 e. The molecule has 0 aliphatic rings. The van der Waals surface area contributed by atoms with Crippen molar-refractivity contribution in [3.8, 4) is 0 Å². The van der Waals surface area contributed by atoms with E-state index < -0.39 is 24.5 Å². The van der Waals surface area contributed by atoms with Crippen LogP contribution in [-0.4, -0.2) is 31.6 Å². The predicted octanol–water partition coefficient (Wildman–Crippen LogP) is 1.61. The molecule has 1 rings (SSSR count). The largest absolute Gasteiger partial charge is 0.452 e. The number of hydrogen-bond acceptors (Lipinski definition) is 4. The summed E-state index contributed by atoms with van der Waals surface area (Å²) in [6, 6.07) is 3.58. The lowest BCUT2D eigenvalue weighted by Crippen LogP contribution is -2.39. The summed E-state index contributed by atoms with van der Waals surface area (Å²) < 4.78 is 4.70. The van der Waals surface area contributed by atoms with Gasteiger partial charge in [-0.1, -0.05) is 23.2 Å². The van der Waals surface area contributed by atoms with Crippen LogP contribution < -0.4 is 10.6 Å². The van der Waals surface area contributed by atoms with Crippen LogP contribution in [0.5, 0.6) is 0 Å². The average molecular weight is 305 g/mol. The minimum absolute atomic E-state index is 0.0434. The van der Waals surface area contributed by atoms with Gasteiger partial charge in [-0.25, -0.2) is 9.59 Å². The third-order valence-electron chi connectivity index (χ3n) is 1.96. The van der Waals surface area contributed by atoms with Crippen molar-refractivity contribution in [2.45, 2.75) is 0 Å². The Labute approximate surface area is 119 Å². The second-order valence-corrected chi connectivity index (χ2v) is 4.17. The van der Waals surface area contributed by atoms with E-state index in [1.807, 2.05) is 5.32 Å². The summed E-state index contributed by atoms with van der Waals surface area (Å²) in [5.74, 6) is -1.56. The van der Waals surface area contributed by atoms with Crippen molar-refractivity contribution < 1.29 is 19.1 Å². The molecule has 102 valence electrons. The molecular formula is C11H10Cl2N2O4. The number of hydrogen-bond donors (Lipinski definition) is 2. The van der Waals surface area contributed by atoms with Crippen LogP contribution in [0.3, 0.4) is 0 Å². The third kappa shape index (κ3) is 4.76. The first kappa shape index (κ1) is 15.3. The van der Waals surface area contributed by atoms with Crippen molar-refractivity contribution in [3.63, 3.8) is 0 Å². The van der Waals surface area contributed by atoms with Gasteiger partial charge in [0.15, 0.2) is 6.61 Å². The first-order valence-corrected chi connectivity index (χ1v) is 5.83. The maximum Gasteiger partial charge on any atom is 0.340 e. The number of nitrogens with one attached hydrogen (secondary N) is 2. The van der Waals surface area contributed by atoms with Crippen LogP contribution in [0.15, 0.2) is 18.2 Å². The Hall–Kier alpha value is -1.79. The summed E-state index contributed by atoms with van der Waals surface area (Å²) in [4.78, 5) is 33.6. The predicted molar refractivity (Wildman–Crippen MR) is 69.3 cm³/mol. The smallest absolute Gasteiger partial charge is 0.340 e. The lowest BCUT2D eigenvalue weighted by molar-refractivity contribution is -0.123. The highest BCUT2D eigenvalue weighted by Crippen LogP contribution is 2.21. The molecule has 8 heteroatoms. The van der Waals surface area contributed by atoms with E-state index in [-0.39, 0.29) is 10.6 Å². The zero-order valence-corrected chi connectivity index (χ0v) is 11.3. The van der Waals surface area contributed by atoms with E-state index in [1.54, 1.807) is 0 Å². The zero-order chi connectivity index (χ0) is 14.4. The van der Waals surface area contributed by atoms with E-state index in [9.17, 15) is 14.4 Å². The molecule has 19 heavy (non-hydrogen) atoms. The van der Waals surface area contributed by atoms with Crippen LogP contribution in [0.4, 0.5) is 4.79 Å². The molecule has 6 nitrogen and oxygen atoms in total. The fraction of sp³-hybridized carbons (Fsp3) is 0.182. The van der Waals surface area contributed by atoms with Crippen molar-refractivity contribution in [2.75, 3.05) is 13.7 Å². The van der Waals surface area contributed by atoms with Gasteiger partial charge in [-0.05, 0) is 18.2 Å². The van der Waals surface area contributed by atoms with Gasteiger partial charge in [0, 0.05) is 12.1 Å². The van der Waals surface area contributed by atoms with E-state index in [0.717, 1.165) is 0 Å². The zero-order valence-electron chi connectivity index (χ0n) is 9.83. The molecule has 0 atom stereocenters. The first-order valence-electron chi connectivity index (χ1n) is 5.07. The Balaban J connectivity index is 2.58. The molecule has 3 amide bonds. The second-order valence-electron chi connectivity index (χ2n) is 3.33. The summed E-state index contributed by atoms with van der Waals surface area (Å²) >= 11 is 11.5. The number of esters is 1. The van der Waals surface area contributed by atoms with Gasteiger partial charge in [0.05, 0.1) is 10.6 Å². The van der Waals surface area contributed by atoms with Crippen LogP contribution in [0.1, 0.15) is 10.4 Å². The molecule has 0 heterocycles. The summed E-state index contributed by atoms with van der Waals surface area (Å²) in [7, 11) is 1.35. The minimum atomic E-state index is -0.806. The van der Waals surface area contributed by atoms with E-state index >= 15 is 0 Å². The molecule has 0 saturated carbocycles. The van der Waals surface area contributed by atoms with Gasteiger partial charge in [-0.3, -0.25) is 10.1 Å². The van der Waals surface area contributed by atoms with Gasteiger partial charge in [0.25, 0.3) is 5.91 Å². The Morgan fingerprint density at radius 2 is 1.95 bits per heavy atom. The molecule has 0 saturated heterocycles. The van der Waals surface area contributed by atoms with Crippen molar-refractivity contribution in [1.82, 2.24) is 10.6 Å². The summed E-state index contributed by atoms with van der Waals surface area (Å²) in [6.45, 7) is -0.602. The molecule has 2 N–H and O–H groups in total. The summed E-state index contributed by atoms with van der Waals surface area (Å²) in [6.07, 6.45) is 0. The van der Waals surface area contributed by atoms with Gasteiger partial charge >= 0.3 is 12.0 Å². The number of urea groups is 1. The van der Waals surface area contributed by atoms with Gasteiger partial charge in [-0.2, -0.15) is 0 Å². The highest BCUT2D eigenvalue weighted by atomic mass is 35.5. The molecule has 0 aliphatic carbocycles. The maximum absolute atomic E-state index is 11.6.